The number of nitrogens with one attached hydrogen (secondary N) is 1. The third-order valence-electron chi connectivity index (χ3n) is 4.86. The maximum absolute atomic E-state index is 12.5. The molecule has 146 valence electrons. The summed E-state index contributed by atoms with van der Waals surface area (Å²) in [5.74, 6) is 0.901. The number of hydrogen-bond acceptors (Lipinski definition) is 3. The molecule has 1 atom stereocenters. The van der Waals surface area contributed by atoms with Gasteiger partial charge in [0, 0.05) is 23.6 Å². The van der Waals surface area contributed by atoms with Gasteiger partial charge in [-0.15, -0.1) is 11.8 Å². The van der Waals surface area contributed by atoms with Gasteiger partial charge in [0.25, 0.3) is 0 Å². The second-order valence-electron chi connectivity index (χ2n) is 6.95. The number of amides is 1. The summed E-state index contributed by atoms with van der Waals surface area (Å²) in [7, 11) is 0. The van der Waals surface area contributed by atoms with Crippen LogP contribution in [-0.2, 0) is 23.6 Å². The van der Waals surface area contributed by atoms with Gasteiger partial charge in [0.15, 0.2) is 0 Å². The van der Waals surface area contributed by atoms with E-state index in [0.29, 0.717) is 6.54 Å². The summed E-state index contributed by atoms with van der Waals surface area (Å²) in [6, 6.07) is 20.5. The minimum Gasteiger partial charge on any atom is -0.351 e. The van der Waals surface area contributed by atoms with Gasteiger partial charge >= 0.3 is 0 Å². The van der Waals surface area contributed by atoms with Gasteiger partial charge in [0.2, 0.25) is 5.91 Å². The molecule has 1 aromatic heterocycles. The molecule has 0 bridgehead atoms. The Hall–Kier alpha value is -2.53. The van der Waals surface area contributed by atoms with E-state index in [1.807, 2.05) is 54.9 Å². The standard InChI is InChI=1S/C23H27N3OS/c1-17-22(18(2)26(25-17)15-20-10-6-4-7-11-20)14-24-23(27)19(3)28-16-21-12-8-5-9-13-21/h4-13,19H,14-16H2,1-3H3,(H,24,27)/t19-/m1/s1. The zero-order valence-electron chi connectivity index (χ0n) is 16.7. The van der Waals surface area contributed by atoms with Crippen LogP contribution in [0.3, 0.4) is 0 Å². The summed E-state index contributed by atoms with van der Waals surface area (Å²) in [5.41, 5.74) is 5.63. The molecule has 0 aliphatic carbocycles. The normalized spacial score (nSPS) is 12.0. The first-order valence-electron chi connectivity index (χ1n) is 9.54. The van der Waals surface area contributed by atoms with Crippen LogP contribution in [0.5, 0.6) is 0 Å². The van der Waals surface area contributed by atoms with E-state index < -0.39 is 0 Å². The second-order valence-corrected chi connectivity index (χ2v) is 8.28. The maximum atomic E-state index is 12.5. The van der Waals surface area contributed by atoms with Crippen molar-refractivity contribution in [3.05, 3.63) is 88.7 Å². The molecule has 4 nitrogen and oxygen atoms in total. The smallest absolute Gasteiger partial charge is 0.233 e. The van der Waals surface area contributed by atoms with Gasteiger partial charge in [-0.1, -0.05) is 60.7 Å². The predicted octanol–water partition coefficient (Wildman–Crippen LogP) is 4.49. The molecule has 0 aliphatic heterocycles. The number of aromatic nitrogens is 2. The Balaban J connectivity index is 1.55. The first kappa shape index (κ1) is 20.2. The molecule has 0 aliphatic rings. The molecule has 2 aromatic carbocycles. The molecule has 1 heterocycles. The van der Waals surface area contributed by atoms with E-state index in [-0.39, 0.29) is 11.2 Å². The summed E-state index contributed by atoms with van der Waals surface area (Å²) < 4.78 is 2.01. The van der Waals surface area contributed by atoms with Crippen LogP contribution in [0.15, 0.2) is 60.7 Å². The van der Waals surface area contributed by atoms with Crippen LogP contribution in [0, 0.1) is 13.8 Å². The monoisotopic (exact) mass is 393 g/mol. The van der Waals surface area contributed by atoms with Gasteiger partial charge in [-0.3, -0.25) is 9.48 Å². The average Bonchev–Trinajstić information content (AvgIpc) is 2.98. The van der Waals surface area contributed by atoms with Crippen LogP contribution >= 0.6 is 11.8 Å². The zero-order chi connectivity index (χ0) is 19.9. The van der Waals surface area contributed by atoms with Gasteiger partial charge in [0.05, 0.1) is 17.5 Å². The molecule has 0 unspecified atom stereocenters. The number of aryl methyl sites for hydroxylation is 1. The lowest BCUT2D eigenvalue weighted by Crippen LogP contribution is -2.30. The summed E-state index contributed by atoms with van der Waals surface area (Å²) in [5, 5.41) is 7.65. The molecule has 5 heteroatoms. The topological polar surface area (TPSA) is 46.9 Å². The molecule has 0 saturated heterocycles. The Morgan fingerprint density at radius 1 is 1.04 bits per heavy atom. The SMILES string of the molecule is Cc1nn(Cc2ccccc2)c(C)c1CNC(=O)[C@@H](C)SCc1ccccc1. The molecular formula is C23H27N3OS. The van der Waals surface area contributed by atoms with Gasteiger partial charge in [-0.2, -0.15) is 5.10 Å². The van der Waals surface area contributed by atoms with Crippen molar-refractivity contribution in [3.63, 3.8) is 0 Å². The number of hydrogen-bond donors (Lipinski definition) is 1. The van der Waals surface area contributed by atoms with Gasteiger partial charge in [0.1, 0.15) is 0 Å². The largest absolute Gasteiger partial charge is 0.351 e. The van der Waals surface area contributed by atoms with Crippen LogP contribution in [0.25, 0.3) is 0 Å². The maximum Gasteiger partial charge on any atom is 0.233 e. The van der Waals surface area contributed by atoms with E-state index in [9.17, 15) is 4.79 Å². The van der Waals surface area contributed by atoms with Crippen molar-refractivity contribution < 1.29 is 4.79 Å². The van der Waals surface area contributed by atoms with E-state index in [1.165, 1.54) is 11.1 Å². The number of thioether (sulfide) groups is 1. The fourth-order valence-electron chi connectivity index (χ4n) is 3.09. The molecule has 0 fully saturated rings. The molecule has 1 N–H and O–H groups in total. The molecular weight excluding hydrogens is 366 g/mol. The van der Waals surface area contributed by atoms with Crippen molar-refractivity contribution in [2.45, 2.75) is 44.9 Å². The highest BCUT2D eigenvalue weighted by Gasteiger charge is 2.16. The zero-order valence-corrected chi connectivity index (χ0v) is 17.5. The molecule has 0 saturated carbocycles. The van der Waals surface area contributed by atoms with Crippen molar-refractivity contribution in [2.75, 3.05) is 0 Å². The number of carbonyl (C=O) groups excluding carboxylic acids is 1. The summed E-state index contributed by atoms with van der Waals surface area (Å²) in [4.78, 5) is 12.5. The summed E-state index contributed by atoms with van der Waals surface area (Å²) >= 11 is 1.66. The molecule has 1 amide bonds. The fourth-order valence-corrected chi connectivity index (χ4v) is 3.96. The highest BCUT2D eigenvalue weighted by molar-refractivity contribution is 7.99. The molecule has 3 aromatic rings. The second kappa shape index (κ2) is 9.60. The Morgan fingerprint density at radius 2 is 1.64 bits per heavy atom. The summed E-state index contributed by atoms with van der Waals surface area (Å²) in [6.45, 7) is 7.29. The van der Waals surface area contributed by atoms with Crippen molar-refractivity contribution >= 4 is 17.7 Å². The quantitative estimate of drug-likeness (QED) is 0.613. The van der Waals surface area contributed by atoms with Gasteiger partial charge in [-0.25, -0.2) is 0 Å². The van der Waals surface area contributed by atoms with Gasteiger partial charge < -0.3 is 5.32 Å². The highest BCUT2D eigenvalue weighted by Crippen LogP contribution is 2.19. The molecule has 0 spiro atoms. The summed E-state index contributed by atoms with van der Waals surface area (Å²) in [6.07, 6.45) is 0. The number of carbonyl (C=O) groups is 1. The Kier molecular flexibility index (Phi) is 6.93. The Labute approximate surface area is 171 Å². The number of benzene rings is 2. The van der Waals surface area contributed by atoms with E-state index in [0.717, 1.165) is 29.2 Å². The average molecular weight is 394 g/mol. The van der Waals surface area contributed by atoms with Crippen molar-refractivity contribution in [3.8, 4) is 0 Å². The van der Waals surface area contributed by atoms with Crippen LogP contribution in [0.1, 0.15) is 35.0 Å². The van der Waals surface area contributed by atoms with E-state index >= 15 is 0 Å². The fraction of sp³-hybridized carbons (Fsp3) is 0.304. The van der Waals surface area contributed by atoms with Crippen LogP contribution in [0.4, 0.5) is 0 Å². The van der Waals surface area contributed by atoms with Gasteiger partial charge in [-0.05, 0) is 31.9 Å². The first-order valence-corrected chi connectivity index (χ1v) is 10.6. The highest BCUT2D eigenvalue weighted by atomic mass is 32.2. The Morgan fingerprint density at radius 3 is 2.29 bits per heavy atom. The Bertz CT molecular complexity index is 906. The van der Waals surface area contributed by atoms with Crippen molar-refractivity contribution in [1.82, 2.24) is 15.1 Å². The van der Waals surface area contributed by atoms with Crippen molar-refractivity contribution in [2.24, 2.45) is 0 Å². The molecule has 3 rings (SSSR count). The van der Waals surface area contributed by atoms with E-state index in [1.54, 1.807) is 11.8 Å². The lowest BCUT2D eigenvalue weighted by molar-refractivity contribution is -0.120. The lowest BCUT2D eigenvalue weighted by atomic mass is 10.2. The third kappa shape index (κ3) is 5.26. The number of nitrogens with zero attached hydrogens (tertiary/aromatic N) is 2. The minimum atomic E-state index is -0.0971. The van der Waals surface area contributed by atoms with Crippen LogP contribution in [-0.4, -0.2) is 20.9 Å². The first-order chi connectivity index (χ1) is 13.5. The minimum absolute atomic E-state index is 0.0653. The lowest BCUT2D eigenvalue weighted by Gasteiger charge is -2.12. The van der Waals surface area contributed by atoms with E-state index in [4.69, 9.17) is 0 Å². The van der Waals surface area contributed by atoms with Crippen LogP contribution in [0.2, 0.25) is 0 Å². The van der Waals surface area contributed by atoms with E-state index in [2.05, 4.69) is 41.6 Å². The number of rotatable bonds is 8. The molecule has 0 radical (unpaired) electrons. The van der Waals surface area contributed by atoms with Crippen LogP contribution < -0.4 is 5.32 Å². The third-order valence-corrected chi connectivity index (χ3v) is 6.07. The van der Waals surface area contributed by atoms with Crippen molar-refractivity contribution in [1.29, 1.82) is 0 Å². The predicted molar refractivity (Wildman–Crippen MR) is 116 cm³/mol. The molecule has 28 heavy (non-hydrogen) atoms.